The van der Waals surface area contributed by atoms with Crippen molar-refractivity contribution < 1.29 is 9.18 Å². The molecule has 0 aliphatic rings. The van der Waals surface area contributed by atoms with E-state index in [1.54, 1.807) is 30.3 Å². The topological polar surface area (TPSA) is 52.9 Å². The fourth-order valence-corrected chi connectivity index (χ4v) is 3.14. The van der Waals surface area contributed by atoms with Crippen LogP contribution in [0.15, 0.2) is 54.6 Å². The molecule has 0 fully saturated rings. The molecule has 3 aromatic rings. The Morgan fingerprint density at radius 2 is 1.79 bits per heavy atom. The molecular formula is C19H13FN2OS. The molecule has 0 atom stereocenters. The molecule has 1 heterocycles. The standard InChI is InChI=1S/C19H13FN2OS/c1-12-2-4-14(5-3-12)19(23)22-16-10-17(24-18(16)11-21)13-6-8-15(20)9-7-13/h2-10H,1H3,(H,22,23). The normalized spacial score (nSPS) is 10.2. The van der Waals surface area contributed by atoms with Crippen LogP contribution in [0.1, 0.15) is 20.8 Å². The highest BCUT2D eigenvalue weighted by atomic mass is 32.1. The lowest BCUT2D eigenvalue weighted by Gasteiger charge is -2.04. The van der Waals surface area contributed by atoms with Gasteiger partial charge in [0, 0.05) is 10.4 Å². The summed E-state index contributed by atoms with van der Waals surface area (Å²) in [6.45, 7) is 1.95. The quantitative estimate of drug-likeness (QED) is 0.733. The summed E-state index contributed by atoms with van der Waals surface area (Å²) in [6.07, 6.45) is 0. The van der Waals surface area contributed by atoms with Crippen LogP contribution >= 0.6 is 11.3 Å². The van der Waals surface area contributed by atoms with Gasteiger partial charge >= 0.3 is 0 Å². The molecule has 0 aliphatic carbocycles. The number of thiophene rings is 1. The molecule has 0 saturated heterocycles. The van der Waals surface area contributed by atoms with Crippen LogP contribution in [0.4, 0.5) is 10.1 Å². The van der Waals surface area contributed by atoms with E-state index in [0.717, 1.165) is 16.0 Å². The summed E-state index contributed by atoms with van der Waals surface area (Å²) < 4.78 is 13.0. The zero-order valence-electron chi connectivity index (χ0n) is 12.8. The van der Waals surface area contributed by atoms with Gasteiger partial charge in [-0.1, -0.05) is 29.8 Å². The molecule has 3 nitrogen and oxygen atoms in total. The van der Waals surface area contributed by atoms with E-state index in [1.165, 1.54) is 23.5 Å². The summed E-state index contributed by atoms with van der Waals surface area (Å²) in [6, 6.07) is 17.1. The van der Waals surface area contributed by atoms with Gasteiger partial charge in [0.1, 0.15) is 16.8 Å². The minimum Gasteiger partial charge on any atom is -0.320 e. The number of nitrogens with zero attached hydrogens (tertiary/aromatic N) is 1. The van der Waals surface area contributed by atoms with Gasteiger partial charge in [0.05, 0.1) is 5.69 Å². The molecule has 0 bridgehead atoms. The Balaban J connectivity index is 1.88. The molecule has 24 heavy (non-hydrogen) atoms. The molecule has 1 aromatic heterocycles. The highest BCUT2D eigenvalue weighted by molar-refractivity contribution is 7.16. The Kier molecular flexibility index (Phi) is 4.41. The van der Waals surface area contributed by atoms with Crippen molar-refractivity contribution in [2.75, 3.05) is 5.32 Å². The second-order valence-electron chi connectivity index (χ2n) is 5.29. The number of halogens is 1. The lowest BCUT2D eigenvalue weighted by molar-refractivity contribution is 0.102. The summed E-state index contributed by atoms with van der Waals surface area (Å²) >= 11 is 1.26. The zero-order chi connectivity index (χ0) is 17.1. The van der Waals surface area contributed by atoms with Crippen LogP contribution in [0.2, 0.25) is 0 Å². The second-order valence-corrected chi connectivity index (χ2v) is 6.34. The van der Waals surface area contributed by atoms with E-state index in [2.05, 4.69) is 11.4 Å². The lowest BCUT2D eigenvalue weighted by atomic mass is 10.1. The lowest BCUT2D eigenvalue weighted by Crippen LogP contribution is -2.11. The number of nitrogens with one attached hydrogen (secondary N) is 1. The number of carbonyl (C=O) groups excluding carboxylic acids is 1. The van der Waals surface area contributed by atoms with Crippen molar-refractivity contribution in [3.05, 3.63) is 76.4 Å². The maximum Gasteiger partial charge on any atom is 0.255 e. The predicted octanol–water partition coefficient (Wildman–Crippen LogP) is 4.99. The fraction of sp³-hybridized carbons (Fsp3) is 0.0526. The molecule has 0 aliphatic heterocycles. The van der Waals surface area contributed by atoms with Crippen LogP contribution in [0, 0.1) is 24.1 Å². The van der Waals surface area contributed by atoms with Crippen molar-refractivity contribution in [2.45, 2.75) is 6.92 Å². The highest BCUT2D eigenvalue weighted by Crippen LogP contribution is 2.34. The number of nitriles is 1. The number of amides is 1. The van der Waals surface area contributed by atoms with Crippen molar-refractivity contribution in [1.29, 1.82) is 5.26 Å². The monoisotopic (exact) mass is 336 g/mol. The third kappa shape index (κ3) is 3.34. The van der Waals surface area contributed by atoms with Gasteiger partial charge in [-0.3, -0.25) is 4.79 Å². The van der Waals surface area contributed by atoms with Gasteiger partial charge in [0.25, 0.3) is 5.91 Å². The first-order valence-corrected chi connectivity index (χ1v) is 8.06. The Hall–Kier alpha value is -2.97. The Labute approximate surface area is 143 Å². The summed E-state index contributed by atoms with van der Waals surface area (Å²) in [5.41, 5.74) is 2.86. The molecule has 5 heteroatoms. The van der Waals surface area contributed by atoms with Crippen LogP contribution in [0.25, 0.3) is 10.4 Å². The minimum absolute atomic E-state index is 0.269. The summed E-state index contributed by atoms with van der Waals surface area (Å²) in [5.74, 6) is -0.585. The van der Waals surface area contributed by atoms with E-state index in [4.69, 9.17) is 0 Å². The van der Waals surface area contributed by atoms with E-state index >= 15 is 0 Å². The third-order valence-electron chi connectivity index (χ3n) is 3.52. The van der Waals surface area contributed by atoms with Crippen molar-refractivity contribution in [2.24, 2.45) is 0 Å². The number of carbonyl (C=O) groups is 1. The van der Waals surface area contributed by atoms with E-state index in [9.17, 15) is 14.4 Å². The van der Waals surface area contributed by atoms with Gasteiger partial charge in [-0.2, -0.15) is 5.26 Å². The number of benzene rings is 2. The maximum absolute atomic E-state index is 13.0. The molecule has 2 aromatic carbocycles. The molecule has 0 radical (unpaired) electrons. The molecular weight excluding hydrogens is 323 g/mol. The Morgan fingerprint density at radius 1 is 1.12 bits per heavy atom. The average molecular weight is 336 g/mol. The summed E-state index contributed by atoms with van der Waals surface area (Å²) in [7, 11) is 0. The van der Waals surface area contributed by atoms with Crippen LogP contribution in [0.3, 0.4) is 0 Å². The van der Waals surface area contributed by atoms with Gasteiger partial charge in [-0.25, -0.2) is 4.39 Å². The van der Waals surface area contributed by atoms with Gasteiger partial charge < -0.3 is 5.32 Å². The number of hydrogen-bond donors (Lipinski definition) is 1. The minimum atomic E-state index is -0.316. The first-order chi connectivity index (χ1) is 11.6. The van der Waals surface area contributed by atoms with Crippen molar-refractivity contribution in [1.82, 2.24) is 0 Å². The molecule has 1 amide bonds. The van der Waals surface area contributed by atoms with E-state index in [0.29, 0.717) is 16.1 Å². The molecule has 1 N–H and O–H groups in total. The van der Waals surface area contributed by atoms with Crippen LogP contribution < -0.4 is 5.32 Å². The van der Waals surface area contributed by atoms with Gasteiger partial charge in [-0.05, 0) is 42.8 Å². The molecule has 0 unspecified atom stereocenters. The molecule has 3 rings (SSSR count). The smallest absolute Gasteiger partial charge is 0.255 e. The first kappa shape index (κ1) is 15.9. The SMILES string of the molecule is Cc1ccc(C(=O)Nc2cc(-c3ccc(F)cc3)sc2C#N)cc1. The van der Waals surface area contributed by atoms with Gasteiger partial charge in [0.15, 0.2) is 0 Å². The number of aryl methyl sites for hydroxylation is 1. The van der Waals surface area contributed by atoms with Gasteiger partial charge in [-0.15, -0.1) is 11.3 Å². The molecule has 118 valence electrons. The highest BCUT2D eigenvalue weighted by Gasteiger charge is 2.14. The summed E-state index contributed by atoms with van der Waals surface area (Å²) in [4.78, 5) is 13.5. The van der Waals surface area contributed by atoms with Crippen molar-refractivity contribution in [3.8, 4) is 16.5 Å². The average Bonchev–Trinajstić information content (AvgIpc) is 2.99. The first-order valence-electron chi connectivity index (χ1n) is 7.25. The third-order valence-corrected chi connectivity index (χ3v) is 4.61. The van der Waals surface area contributed by atoms with E-state index in [1.807, 2.05) is 19.1 Å². The largest absolute Gasteiger partial charge is 0.320 e. The zero-order valence-corrected chi connectivity index (χ0v) is 13.7. The van der Waals surface area contributed by atoms with E-state index in [-0.39, 0.29) is 11.7 Å². The Morgan fingerprint density at radius 3 is 2.42 bits per heavy atom. The van der Waals surface area contributed by atoms with Crippen molar-refractivity contribution in [3.63, 3.8) is 0 Å². The Bertz CT molecular complexity index is 921. The number of anilines is 1. The fourth-order valence-electron chi connectivity index (χ4n) is 2.22. The molecule has 0 spiro atoms. The predicted molar refractivity (Wildman–Crippen MR) is 93.6 cm³/mol. The maximum atomic E-state index is 13.0. The van der Waals surface area contributed by atoms with Crippen LogP contribution in [0.5, 0.6) is 0 Å². The molecule has 0 saturated carbocycles. The second kappa shape index (κ2) is 6.65. The number of hydrogen-bond acceptors (Lipinski definition) is 3. The van der Waals surface area contributed by atoms with Gasteiger partial charge in [0.2, 0.25) is 0 Å². The van der Waals surface area contributed by atoms with Crippen molar-refractivity contribution >= 4 is 22.9 Å². The van der Waals surface area contributed by atoms with Crippen LogP contribution in [-0.2, 0) is 0 Å². The van der Waals surface area contributed by atoms with Crippen LogP contribution in [-0.4, -0.2) is 5.91 Å². The number of rotatable bonds is 3. The summed E-state index contributed by atoms with van der Waals surface area (Å²) in [5, 5.41) is 12.1. The van der Waals surface area contributed by atoms with E-state index < -0.39 is 0 Å².